The van der Waals surface area contributed by atoms with Gasteiger partial charge in [-0.2, -0.15) is 0 Å². The van der Waals surface area contributed by atoms with Gasteiger partial charge in [0.15, 0.2) is 0 Å². The molecule has 0 bridgehead atoms. The lowest BCUT2D eigenvalue weighted by atomic mass is 9.89. The fourth-order valence-electron chi connectivity index (χ4n) is 1.86. The summed E-state index contributed by atoms with van der Waals surface area (Å²) in [5, 5.41) is 4.28. The number of halogens is 2. The van der Waals surface area contributed by atoms with Crippen LogP contribution in [0.25, 0.3) is 0 Å². The molecular weight excluding hydrogens is 289 g/mol. The molecule has 0 unspecified atom stereocenters. The van der Waals surface area contributed by atoms with Crippen LogP contribution in [0.5, 0.6) is 0 Å². The summed E-state index contributed by atoms with van der Waals surface area (Å²) in [6.45, 7) is 0.849. The predicted molar refractivity (Wildman–Crippen MR) is 69.8 cm³/mol. The average molecular weight is 305 g/mol. The quantitative estimate of drug-likeness (QED) is 0.921. The van der Waals surface area contributed by atoms with Crippen LogP contribution in [0.2, 0.25) is 5.02 Å². The Balaban J connectivity index is 1.83. The van der Waals surface area contributed by atoms with E-state index in [-0.39, 0.29) is 0 Å². The van der Waals surface area contributed by atoms with Gasteiger partial charge in [0.2, 0.25) is 0 Å². The lowest BCUT2D eigenvalue weighted by Gasteiger charge is -2.34. The molecule has 1 aliphatic rings. The van der Waals surface area contributed by atoms with Gasteiger partial charge in [0, 0.05) is 29.2 Å². The molecular formula is C12H15BrClNO. The molecule has 2 nitrogen and oxygen atoms in total. The van der Waals surface area contributed by atoms with Crippen LogP contribution in [0.3, 0.4) is 0 Å². The van der Waals surface area contributed by atoms with Gasteiger partial charge in [-0.15, -0.1) is 0 Å². The van der Waals surface area contributed by atoms with Gasteiger partial charge in [-0.1, -0.05) is 27.5 Å². The van der Waals surface area contributed by atoms with E-state index in [1.54, 1.807) is 7.11 Å². The summed E-state index contributed by atoms with van der Waals surface area (Å²) in [6, 6.07) is 6.44. The fraction of sp³-hybridized carbons (Fsp3) is 0.500. The fourth-order valence-corrected chi connectivity index (χ4v) is 2.44. The highest BCUT2D eigenvalue weighted by atomic mass is 79.9. The van der Waals surface area contributed by atoms with E-state index in [4.69, 9.17) is 16.3 Å². The standard InChI is InChI=1S/C12H15BrClNO/c1-16-11-5-10(6-11)15-7-8-4-9(14)2-3-12(8)13/h2-4,10-11,15H,5-7H2,1H3. The van der Waals surface area contributed by atoms with Crippen molar-refractivity contribution in [3.8, 4) is 0 Å². The molecule has 1 aromatic rings. The smallest absolute Gasteiger partial charge is 0.0601 e. The van der Waals surface area contributed by atoms with Crippen molar-refractivity contribution >= 4 is 27.5 Å². The molecule has 0 atom stereocenters. The van der Waals surface area contributed by atoms with E-state index in [1.807, 2.05) is 18.2 Å². The normalized spacial score (nSPS) is 24.2. The van der Waals surface area contributed by atoms with Crippen molar-refractivity contribution in [3.05, 3.63) is 33.3 Å². The average Bonchev–Trinajstić information content (AvgIpc) is 2.21. The van der Waals surface area contributed by atoms with E-state index >= 15 is 0 Å². The second-order valence-corrected chi connectivity index (χ2v) is 5.43. The zero-order valence-corrected chi connectivity index (χ0v) is 11.5. The highest BCUT2D eigenvalue weighted by Crippen LogP contribution is 2.25. The maximum absolute atomic E-state index is 5.96. The van der Waals surface area contributed by atoms with Crippen molar-refractivity contribution in [1.29, 1.82) is 0 Å². The molecule has 1 fully saturated rings. The van der Waals surface area contributed by atoms with E-state index in [1.165, 1.54) is 5.56 Å². The van der Waals surface area contributed by atoms with Gasteiger partial charge in [0.05, 0.1) is 6.10 Å². The molecule has 0 aromatic heterocycles. The van der Waals surface area contributed by atoms with E-state index < -0.39 is 0 Å². The number of methoxy groups -OCH3 is 1. The first-order chi connectivity index (χ1) is 7.69. The van der Waals surface area contributed by atoms with Crippen LogP contribution in [0.15, 0.2) is 22.7 Å². The van der Waals surface area contributed by atoms with Crippen LogP contribution in [0, 0.1) is 0 Å². The Bertz CT molecular complexity index is 366. The Morgan fingerprint density at radius 3 is 2.94 bits per heavy atom. The first-order valence-electron chi connectivity index (χ1n) is 5.39. The Kier molecular flexibility index (Phi) is 4.25. The molecule has 1 aliphatic carbocycles. The van der Waals surface area contributed by atoms with E-state index in [2.05, 4.69) is 21.2 Å². The number of rotatable bonds is 4. The molecule has 0 aliphatic heterocycles. The van der Waals surface area contributed by atoms with Gasteiger partial charge in [-0.3, -0.25) is 0 Å². The minimum atomic E-state index is 0.445. The monoisotopic (exact) mass is 303 g/mol. The lowest BCUT2D eigenvalue weighted by Crippen LogP contribution is -2.44. The van der Waals surface area contributed by atoms with E-state index in [0.29, 0.717) is 12.1 Å². The van der Waals surface area contributed by atoms with Crippen molar-refractivity contribution < 1.29 is 4.74 Å². The third-order valence-corrected chi connectivity index (χ3v) is 4.03. The van der Waals surface area contributed by atoms with Crippen molar-refractivity contribution in [2.45, 2.75) is 31.5 Å². The molecule has 0 spiro atoms. The molecule has 0 saturated heterocycles. The molecule has 1 saturated carbocycles. The third kappa shape index (κ3) is 2.98. The van der Waals surface area contributed by atoms with Gasteiger partial charge < -0.3 is 10.1 Å². The zero-order valence-electron chi connectivity index (χ0n) is 9.17. The number of nitrogens with one attached hydrogen (secondary N) is 1. The van der Waals surface area contributed by atoms with Crippen molar-refractivity contribution in [3.63, 3.8) is 0 Å². The molecule has 0 heterocycles. The van der Waals surface area contributed by atoms with E-state index in [9.17, 15) is 0 Å². The van der Waals surface area contributed by atoms with Crippen LogP contribution in [0.1, 0.15) is 18.4 Å². The highest BCUT2D eigenvalue weighted by Gasteiger charge is 2.28. The topological polar surface area (TPSA) is 21.3 Å². The molecule has 4 heteroatoms. The third-order valence-electron chi connectivity index (χ3n) is 3.02. The number of hydrogen-bond donors (Lipinski definition) is 1. The molecule has 0 radical (unpaired) electrons. The number of benzene rings is 1. The van der Waals surface area contributed by atoms with Crippen LogP contribution in [-0.2, 0) is 11.3 Å². The summed E-state index contributed by atoms with van der Waals surface area (Å²) in [4.78, 5) is 0. The van der Waals surface area contributed by atoms with Crippen LogP contribution >= 0.6 is 27.5 Å². The molecule has 16 heavy (non-hydrogen) atoms. The van der Waals surface area contributed by atoms with E-state index in [0.717, 1.165) is 28.9 Å². The second kappa shape index (κ2) is 5.50. The maximum atomic E-state index is 5.96. The minimum absolute atomic E-state index is 0.445. The summed E-state index contributed by atoms with van der Waals surface area (Å²) in [5.41, 5.74) is 1.20. The molecule has 1 N–H and O–H groups in total. The van der Waals surface area contributed by atoms with Gasteiger partial charge in [-0.25, -0.2) is 0 Å². The Morgan fingerprint density at radius 2 is 2.25 bits per heavy atom. The lowest BCUT2D eigenvalue weighted by molar-refractivity contribution is 0.0170. The summed E-state index contributed by atoms with van der Waals surface area (Å²) < 4.78 is 6.34. The van der Waals surface area contributed by atoms with Crippen LogP contribution < -0.4 is 5.32 Å². The second-order valence-electron chi connectivity index (χ2n) is 4.14. The molecule has 1 aromatic carbocycles. The molecule has 0 amide bonds. The zero-order chi connectivity index (χ0) is 11.5. The van der Waals surface area contributed by atoms with Crippen LogP contribution in [0.4, 0.5) is 0 Å². The Morgan fingerprint density at radius 1 is 1.50 bits per heavy atom. The van der Waals surface area contributed by atoms with Crippen molar-refractivity contribution in [2.24, 2.45) is 0 Å². The number of ether oxygens (including phenoxy) is 1. The summed E-state index contributed by atoms with van der Waals surface area (Å²) in [6.07, 6.45) is 2.66. The molecule has 88 valence electrons. The summed E-state index contributed by atoms with van der Waals surface area (Å²) >= 11 is 9.48. The first-order valence-corrected chi connectivity index (χ1v) is 6.56. The summed E-state index contributed by atoms with van der Waals surface area (Å²) in [5.74, 6) is 0. The maximum Gasteiger partial charge on any atom is 0.0601 e. The van der Waals surface area contributed by atoms with Crippen LogP contribution in [-0.4, -0.2) is 19.3 Å². The highest BCUT2D eigenvalue weighted by molar-refractivity contribution is 9.10. The SMILES string of the molecule is COC1CC(NCc2cc(Cl)ccc2Br)C1. The van der Waals surface area contributed by atoms with Gasteiger partial charge >= 0.3 is 0 Å². The van der Waals surface area contributed by atoms with Gasteiger partial charge in [0.25, 0.3) is 0 Å². The predicted octanol–water partition coefficient (Wildman–Crippen LogP) is 3.37. The van der Waals surface area contributed by atoms with Crippen molar-refractivity contribution in [1.82, 2.24) is 5.32 Å². The van der Waals surface area contributed by atoms with Gasteiger partial charge in [0.1, 0.15) is 0 Å². The van der Waals surface area contributed by atoms with Crippen molar-refractivity contribution in [2.75, 3.05) is 7.11 Å². The minimum Gasteiger partial charge on any atom is -0.381 e. The summed E-state index contributed by atoms with van der Waals surface area (Å²) in [7, 11) is 1.77. The molecule has 2 rings (SSSR count). The largest absolute Gasteiger partial charge is 0.381 e. The van der Waals surface area contributed by atoms with Gasteiger partial charge in [-0.05, 0) is 36.6 Å². The number of hydrogen-bond acceptors (Lipinski definition) is 2. The Labute approximate surface area is 109 Å². The Hall–Kier alpha value is -0.0900. The first kappa shape index (κ1) is 12.4.